The highest BCUT2D eigenvalue weighted by atomic mass is 32.2. The maximum atomic E-state index is 12.3. The Kier molecular flexibility index (Phi) is 4.25. The molecule has 0 unspecified atom stereocenters. The van der Waals surface area contributed by atoms with Gasteiger partial charge in [-0.3, -0.25) is 9.78 Å². The summed E-state index contributed by atoms with van der Waals surface area (Å²) in [6.45, 7) is 0. The van der Waals surface area contributed by atoms with Gasteiger partial charge in [0.15, 0.2) is 0 Å². The van der Waals surface area contributed by atoms with Gasteiger partial charge in [0, 0.05) is 18.5 Å². The Bertz CT molecular complexity index is 859. The fourth-order valence-electron chi connectivity index (χ4n) is 2.59. The molecule has 6 heteroatoms. The lowest BCUT2D eigenvalue weighted by atomic mass is 10.1. The van der Waals surface area contributed by atoms with Gasteiger partial charge in [-0.2, -0.15) is 0 Å². The Balaban J connectivity index is 1.73. The van der Waals surface area contributed by atoms with E-state index in [2.05, 4.69) is 9.71 Å². The van der Waals surface area contributed by atoms with Crippen molar-refractivity contribution in [2.75, 3.05) is 0 Å². The number of nitrogens with one attached hydrogen (secondary N) is 1. The second kappa shape index (κ2) is 6.34. The van der Waals surface area contributed by atoms with E-state index in [1.807, 2.05) is 6.07 Å². The molecule has 0 spiro atoms. The van der Waals surface area contributed by atoms with Gasteiger partial charge in [-0.25, -0.2) is 13.1 Å². The van der Waals surface area contributed by atoms with Crippen molar-refractivity contribution in [3.63, 3.8) is 0 Å². The summed E-state index contributed by atoms with van der Waals surface area (Å²) in [7, 11) is -3.85. The topological polar surface area (TPSA) is 76.1 Å². The lowest BCUT2D eigenvalue weighted by molar-refractivity contribution is -0.114. The number of aryl methyl sites for hydroxylation is 2. The second-order valence-corrected chi connectivity index (χ2v) is 7.05. The van der Waals surface area contributed by atoms with Gasteiger partial charge >= 0.3 is 0 Å². The Hall–Kier alpha value is -2.47. The molecule has 1 aliphatic carbocycles. The number of hydrogen-bond donors (Lipinski definition) is 1. The van der Waals surface area contributed by atoms with Gasteiger partial charge in [0.2, 0.25) is 0 Å². The highest BCUT2D eigenvalue weighted by Gasteiger charge is 2.19. The number of carbonyl (C=O) groups excluding carboxylic acids is 1. The van der Waals surface area contributed by atoms with Crippen LogP contribution >= 0.6 is 0 Å². The van der Waals surface area contributed by atoms with Crippen LogP contribution in [0.1, 0.15) is 23.1 Å². The number of carbonyl (C=O) groups is 1. The molecule has 0 radical (unpaired) electrons. The molecule has 0 fully saturated rings. The number of hydrogen-bond acceptors (Lipinski definition) is 4. The van der Waals surface area contributed by atoms with E-state index >= 15 is 0 Å². The summed E-state index contributed by atoms with van der Waals surface area (Å²) in [5.74, 6) is -0.678. The predicted octanol–water partition coefficient (Wildman–Crippen LogP) is 2.09. The Labute approximate surface area is 135 Å². The number of amides is 1. The minimum absolute atomic E-state index is 0.129. The van der Waals surface area contributed by atoms with Crippen molar-refractivity contribution in [2.45, 2.75) is 24.2 Å². The number of fused-ring (bicyclic) bond motifs is 1. The van der Waals surface area contributed by atoms with Gasteiger partial charge in [0.05, 0.1) is 4.90 Å². The largest absolute Gasteiger partial charge is 0.269 e. The summed E-state index contributed by atoms with van der Waals surface area (Å²) in [5, 5.41) is 0. The molecule has 0 atom stereocenters. The molecule has 1 heterocycles. The van der Waals surface area contributed by atoms with E-state index in [9.17, 15) is 13.2 Å². The summed E-state index contributed by atoms with van der Waals surface area (Å²) >= 11 is 0. The molecule has 2 aromatic rings. The zero-order valence-electron chi connectivity index (χ0n) is 12.4. The van der Waals surface area contributed by atoms with E-state index in [0.717, 1.165) is 30.4 Å². The van der Waals surface area contributed by atoms with E-state index in [1.165, 1.54) is 17.7 Å². The van der Waals surface area contributed by atoms with Crippen molar-refractivity contribution < 1.29 is 13.2 Å². The maximum Gasteiger partial charge on any atom is 0.264 e. The smallest absolute Gasteiger partial charge is 0.264 e. The van der Waals surface area contributed by atoms with Crippen LogP contribution in [0.25, 0.3) is 6.08 Å². The third-order valence-corrected chi connectivity index (χ3v) is 5.09. The summed E-state index contributed by atoms with van der Waals surface area (Å²) in [5.41, 5.74) is 3.01. The van der Waals surface area contributed by atoms with Crippen LogP contribution in [0.15, 0.2) is 53.7 Å². The average Bonchev–Trinajstić information content (AvgIpc) is 3.01. The lowest BCUT2D eigenvalue weighted by Crippen LogP contribution is -2.29. The molecule has 0 aliphatic heterocycles. The average molecular weight is 328 g/mol. The van der Waals surface area contributed by atoms with E-state index in [0.29, 0.717) is 0 Å². The Morgan fingerprint density at radius 1 is 1.09 bits per heavy atom. The third-order valence-electron chi connectivity index (χ3n) is 3.75. The van der Waals surface area contributed by atoms with Crippen molar-refractivity contribution in [1.29, 1.82) is 0 Å². The molecule has 1 amide bonds. The molecule has 1 aliphatic rings. The molecular formula is C17H16N2O3S. The van der Waals surface area contributed by atoms with Crippen LogP contribution in [0.3, 0.4) is 0 Å². The van der Waals surface area contributed by atoms with Crippen molar-refractivity contribution in [3.8, 4) is 0 Å². The van der Waals surface area contributed by atoms with Crippen LogP contribution in [0.5, 0.6) is 0 Å². The van der Waals surface area contributed by atoms with Crippen LogP contribution in [-0.2, 0) is 27.7 Å². The van der Waals surface area contributed by atoms with Crippen LogP contribution in [0.4, 0.5) is 0 Å². The molecule has 118 valence electrons. The second-order valence-electron chi connectivity index (χ2n) is 5.37. The van der Waals surface area contributed by atoms with Gasteiger partial charge in [0.1, 0.15) is 0 Å². The fraction of sp³-hybridized carbons (Fsp3) is 0.176. The SMILES string of the molecule is O=C(/C=C/c1ccncc1)NS(=O)(=O)c1ccc2c(c1)CCC2. The lowest BCUT2D eigenvalue weighted by Gasteiger charge is -2.07. The summed E-state index contributed by atoms with van der Waals surface area (Å²) in [6, 6.07) is 8.47. The number of pyridine rings is 1. The summed E-state index contributed by atoms with van der Waals surface area (Å²) < 4.78 is 26.6. The molecule has 3 rings (SSSR count). The first-order valence-corrected chi connectivity index (χ1v) is 8.80. The van der Waals surface area contributed by atoms with E-state index < -0.39 is 15.9 Å². The highest BCUT2D eigenvalue weighted by Crippen LogP contribution is 2.24. The quantitative estimate of drug-likeness (QED) is 0.872. The van der Waals surface area contributed by atoms with E-state index in [1.54, 1.807) is 36.7 Å². The first kappa shape index (κ1) is 15.4. The van der Waals surface area contributed by atoms with Crippen LogP contribution in [0, 0.1) is 0 Å². The molecular weight excluding hydrogens is 312 g/mol. The first-order valence-electron chi connectivity index (χ1n) is 7.31. The molecule has 0 bridgehead atoms. The van der Waals surface area contributed by atoms with Gasteiger partial charge in [-0.1, -0.05) is 6.07 Å². The fourth-order valence-corrected chi connectivity index (χ4v) is 3.58. The molecule has 0 saturated carbocycles. The van der Waals surface area contributed by atoms with Crippen LogP contribution in [-0.4, -0.2) is 19.3 Å². The van der Waals surface area contributed by atoms with Gasteiger partial charge < -0.3 is 0 Å². The standard InChI is InChI=1S/C17H16N2O3S/c20-17(7-4-13-8-10-18-11-9-13)19-23(21,22)16-6-5-14-2-1-3-15(14)12-16/h4-12H,1-3H2,(H,19,20)/b7-4+. The van der Waals surface area contributed by atoms with Crippen molar-refractivity contribution in [3.05, 3.63) is 65.5 Å². The third kappa shape index (κ3) is 3.65. The Morgan fingerprint density at radius 2 is 1.83 bits per heavy atom. The van der Waals surface area contributed by atoms with Crippen molar-refractivity contribution in [2.24, 2.45) is 0 Å². The molecule has 23 heavy (non-hydrogen) atoms. The number of nitrogens with zero attached hydrogens (tertiary/aromatic N) is 1. The van der Waals surface area contributed by atoms with Gasteiger partial charge in [-0.15, -0.1) is 0 Å². The van der Waals surface area contributed by atoms with Crippen molar-refractivity contribution in [1.82, 2.24) is 9.71 Å². The number of rotatable bonds is 4. The predicted molar refractivity (Wildman–Crippen MR) is 87.1 cm³/mol. The maximum absolute atomic E-state index is 12.3. The van der Waals surface area contributed by atoms with Gasteiger partial charge in [0.25, 0.3) is 15.9 Å². The van der Waals surface area contributed by atoms with Crippen LogP contribution in [0.2, 0.25) is 0 Å². The van der Waals surface area contributed by atoms with E-state index in [-0.39, 0.29) is 4.90 Å². The Morgan fingerprint density at radius 3 is 2.61 bits per heavy atom. The zero-order valence-corrected chi connectivity index (χ0v) is 13.2. The summed E-state index contributed by atoms with van der Waals surface area (Å²) in [4.78, 5) is 15.8. The van der Waals surface area contributed by atoms with Crippen molar-refractivity contribution >= 4 is 22.0 Å². The minimum atomic E-state index is -3.85. The first-order chi connectivity index (χ1) is 11.0. The molecule has 5 nitrogen and oxygen atoms in total. The van der Waals surface area contributed by atoms with Crippen LogP contribution < -0.4 is 4.72 Å². The molecule has 0 saturated heterocycles. The number of aromatic nitrogens is 1. The molecule has 1 N–H and O–H groups in total. The zero-order chi connectivity index (χ0) is 16.3. The minimum Gasteiger partial charge on any atom is -0.269 e. The monoisotopic (exact) mass is 328 g/mol. The van der Waals surface area contributed by atoms with E-state index in [4.69, 9.17) is 0 Å². The number of benzene rings is 1. The number of sulfonamides is 1. The highest BCUT2D eigenvalue weighted by molar-refractivity contribution is 7.90. The van der Waals surface area contributed by atoms with Gasteiger partial charge in [-0.05, 0) is 66.3 Å². The summed E-state index contributed by atoms with van der Waals surface area (Å²) in [6.07, 6.45) is 8.83. The molecule has 1 aromatic heterocycles. The normalized spacial score (nSPS) is 13.9. The molecule has 1 aromatic carbocycles.